The Bertz CT molecular complexity index is 1130. The highest BCUT2D eigenvalue weighted by molar-refractivity contribution is 9.10. The largest absolute Gasteiger partial charge is 0.243 e. The molecule has 5 heteroatoms. The lowest BCUT2D eigenvalue weighted by molar-refractivity contribution is 0.527. The lowest BCUT2D eigenvalue weighted by Crippen LogP contribution is -2.47. The molecule has 4 aromatic carbocycles. The van der Waals surface area contributed by atoms with Crippen molar-refractivity contribution in [2.75, 3.05) is 0 Å². The summed E-state index contributed by atoms with van der Waals surface area (Å²) in [5.41, 5.74) is 1.40. The monoisotopic (exact) mass is 477 g/mol. The molecule has 0 fully saturated rings. The van der Waals surface area contributed by atoms with Gasteiger partial charge in [0.25, 0.3) is 0 Å². The fourth-order valence-electron chi connectivity index (χ4n) is 3.66. The zero-order valence-corrected chi connectivity index (χ0v) is 18.5. The van der Waals surface area contributed by atoms with Crippen molar-refractivity contribution >= 4 is 26.0 Å². The second-order valence-corrected chi connectivity index (χ2v) is 9.39. The maximum absolute atomic E-state index is 13.6. The van der Waals surface area contributed by atoms with Crippen LogP contribution >= 0.6 is 15.9 Å². The van der Waals surface area contributed by atoms with Gasteiger partial charge in [-0.25, -0.2) is 8.42 Å². The smallest absolute Gasteiger partial charge is 0.207 e. The van der Waals surface area contributed by atoms with Gasteiger partial charge in [0.2, 0.25) is 10.0 Å². The van der Waals surface area contributed by atoms with Gasteiger partial charge in [0, 0.05) is 4.47 Å². The molecule has 4 rings (SSSR count). The van der Waals surface area contributed by atoms with Crippen molar-refractivity contribution in [2.24, 2.45) is 0 Å². The highest BCUT2D eigenvalue weighted by atomic mass is 79.9. The third kappa shape index (κ3) is 3.84. The van der Waals surface area contributed by atoms with Crippen molar-refractivity contribution in [3.8, 4) is 0 Å². The van der Waals surface area contributed by atoms with Crippen molar-refractivity contribution in [2.45, 2.75) is 10.4 Å². The Kier molecular flexibility index (Phi) is 5.86. The van der Waals surface area contributed by atoms with Gasteiger partial charge in [-0.1, -0.05) is 103 Å². The van der Waals surface area contributed by atoms with Crippen molar-refractivity contribution < 1.29 is 8.42 Å². The highest BCUT2D eigenvalue weighted by Gasteiger charge is 2.40. The number of halogens is 1. The standard InChI is InChI=1S/C25H20BrNO2S/c26-23-18-10-11-19-24(23)30(28,29)27-25(20-12-4-1-5-13-20,21-14-6-2-7-15-21)22-16-8-3-9-17-22/h1-19,27H. The highest BCUT2D eigenvalue weighted by Crippen LogP contribution is 2.38. The summed E-state index contributed by atoms with van der Waals surface area (Å²) in [6, 6.07) is 35.8. The molecule has 0 bridgehead atoms. The first-order valence-electron chi connectivity index (χ1n) is 9.49. The van der Waals surface area contributed by atoms with Crippen LogP contribution in [0.2, 0.25) is 0 Å². The van der Waals surface area contributed by atoms with Crippen molar-refractivity contribution in [1.29, 1.82) is 0 Å². The number of sulfonamides is 1. The fourth-order valence-corrected chi connectivity index (χ4v) is 6.03. The van der Waals surface area contributed by atoms with Gasteiger partial charge in [-0.05, 0) is 44.8 Å². The van der Waals surface area contributed by atoms with E-state index in [1.54, 1.807) is 24.3 Å². The fraction of sp³-hybridized carbons (Fsp3) is 0.0400. The molecule has 0 aromatic heterocycles. The van der Waals surface area contributed by atoms with Gasteiger partial charge < -0.3 is 0 Å². The molecule has 0 heterocycles. The van der Waals surface area contributed by atoms with Crippen LogP contribution in [0.25, 0.3) is 0 Å². The molecule has 0 amide bonds. The molecule has 0 spiro atoms. The third-order valence-electron chi connectivity index (χ3n) is 5.03. The first kappa shape index (κ1) is 20.5. The summed E-state index contributed by atoms with van der Waals surface area (Å²) in [7, 11) is -3.89. The molecule has 0 saturated carbocycles. The van der Waals surface area contributed by atoms with Gasteiger partial charge in [0.05, 0.1) is 4.90 Å². The number of hydrogen-bond acceptors (Lipinski definition) is 2. The SMILES string of the molecule is O=S(=O)(NC(c1ccccc1)(c1ccccc1)c1ccccc1)c1ccccc1Br. The summed E-state index contributed by atoms with van der Waals surface area (Å²) in [6.07, 6.45) is 0. The normalized spacial score (nSPS) is 11.9. The van der Waals surface area contributed by atoms with Gasteiger partial charge in [0.15, 0.2) is 0 Å². The maximum atomic E-state index is 13.6. The molecule has 1 N–H and O–H groups in total. The minimum Gasteiger partial charge on any atom is -0.207 e. The summed E-state index contributed by atoms with van der Waals surface area (Å²) in [5.74, 6) is 0. The Labute approximate surface area is 185 Å². The Morgan fingerprint density at radius 3 is 1.33 bits per heavy atom. The van der Waals surface area contributed by atoms with Crippen LogP contribution in [-0.2, 0) is 15.6 Å². The van der Waals surface area contributed by atoms with E-state index in [0.717, 1.165) is 16.7 Å². The Morgan fingerprint density at radius 1 is 0.567 bits per heavy atom. The van der Waals surface area contributed by atoms with E-state index >= 15 is 0 Å². The maximum Gasteiger partial charge on any atom is 0.243 e. The summed E-state index contributed by atoms with van der Waals surface area (Å²) in [4.78, 5) is 0.192. The second kappa shape index (κ2) is 8.56. The van der Waals surface area contributed by atoms with E-state index in [1.807, 2.05) is 91.0 Å². The Balaban J connectivity index is 2.02. The average Bonchev–Trinajstić information content (AvgIpc) is 2.79. The van der Waals surface area contributed by atoms with E-state index in [1.165, 1.54) is 0 Å². The zero-order valence-electron chi connectivity index (χ0n) is 16.1. The molecule has 0 saturated heterocycles. The van der Waals surface area contributed by atoms with Crippen LogP contribution in [0, 0.1) is 0 Å². The lowest BCUT2D eigenvalue weighted by Gasteiger charge is -2.36. The van der Waals surface area contributed by atoms with Crippen molar-refractivity contribution in [1.82, 2.24) is 4.72 Å². The summed E-state index contributed by atoms with van der Waals surface area (Å²) >= 11 is 3.39. The van der Waals surface area contributed by atoms with E-state index in [-0.39, 0.29) is 4.90 Å². The molecule has 150 valence electrons. The number of hydrogen-bond donors (Lipinski definition) is 1. The topological polar surface area (TPSA) is 46.2 Å². The predicted molar refractivity (Wildman–Crippen MR) is 124 cm³/mol. The van der Waals surface area contributed by atoms with Crippen LogP contribution in [0.15, 0.2) is 125 Å². The van der Waals surface area contributed by atoms with Crippen molar-refractivity contribution in [3.05, 3.63) is 136 Å². The molecule has 0 atom stereocenters. The Hall–Kier alpha value is -2.73. The van der Waals surface area contributed by atoms with Gasteiger partial charge >= 0.3 is 0 Å². The van der Waals surface area contributed by atoms with E-state index in [0.29, 0.717) is 4.47 Å². The lowest BCUT2D eigenvalue weighted by atomic mass is 9.78. The quantitative estimate of drug-likeness (QED) is 0.361. The van der Waals surface area contributed by atoms with Crippen LogP contribution in [0.5, 0.6) is 0 Å². The van der Waals surface area contributed by atoms with E-state index in [4.69, 9.17) is 0 Å². The molecule has 3 nitrogen and oxygen atoms in total. The van der Waals surface area contributed by atoms with E-state index in [2.05, 4.69) is 20.7 Å². The van der Waals surface area contributed by atoms with Crippen LogP contribution in [0.1, 0.15) is 16.7 Å². The molecule has 0 aliphatic carbocycles. The molecule has 4 aromatic rings. The number of benzene rings is 4. The zero-order chi connectivity index (χ0) is 21.0. The van der Waals surface area contributed by atoms with Crippen LogP contribution in [0.4, 0.5) is 0 Å². The van der Waals surface area contributed by atoms with E-state index in [9.17, 15) is 8.42 Å². The average molecular weight is 478 g/mol. The summed E-state index contributed by atoms with van der Waals surface area (Å²) < 4.78 is 30.9. The molecule has 30 heavy (non-hydrogen) atoms. The minimum atomic E-state index is -3.89. The van der Waals surface area contributed by atoms with E-state index < -0.39 is 15.6 Å². The molecular formula is C25H20BrNO2S. The van der Waals surface area contributed by atoms with Gasteiger partial charge in [0.1, 0.15) is 5.54 Å². The molecular weight excluding hydrogens is 458 g/mol. The third-order valence-corrected chi connectivity index (χ3v) is 7.50. The summed E-state index contributed by atoms with van der Waals surface area (Å²) in [6.45, 7) is 0. The summed E-state index contributed by atoms with van der Waals surface area (Å²) in [5, 5.41) is 0. The van der Waals surface area contributed by atoms with Gasteiger partial charge in [-0.15, -0.1) is 0 Å². The molecule has 0 aliphatic heterocycles. The first-order chi connectivity index (χ1) is 14.5. The van der Waals surface area contributed by atoms with Crippen molar-refractivity contribution in [3.63, 3.8) is 0 Å². The molecule has 0 aliphatic rings. The number of rotatable bonds is 6. The van der Waals surface area contributed by atoms with Crippen LogP contribution in [0.3, 0.4) is 0 Å². The van der Waals surface area contributed by atoms with Gasteiger partial charge in [-0.2, -0.15) is 4.72 Å². The second-order valence-electron chi connectivity index (χ2n) is 6.88. The number of nitrogens with one attached hydrogen (secondary N) is 1. The predicted octanol–water partition coefficient (Wildman–Crippen LogP) is 5.72. The Morgan fingerprint density at radius 2 is 0.933 bits per heavy atom. The van der Waals surface area contributed by atoms with Gasteiger partial charge in [-0.3, -0.25) is 0 Å². The first-order valence-corrected chi connectivity index (χ1v) is 11.8. The minimum absolute atomic E-state index is 0.192. The molecule has 0 unspecified atom stereocenters. The van der Waals surface area contributed by atoms with Crippen LogP contribution in [-0.4, -0.2) is 8.42 Å². The molecule has 0 radical (unpaired) electrons. The van der Waals surface area contributed by atoms with Crippen LogP contribution < -0.4 is 4.72 Å².